The predicted molar refractivity (Wildman–Crippen MR) is 111 cm³/mol. The number of hydrogen-bond donors (Lipinski definition) is 1. The maximum atomic E-state index is 5.66. The molecule has 0 aliphatic carbocycles. The van der Waals surface area contributed by atoms with Gasteiger partial charge in [-0.2, -0.15) is 0 Å². The molecule has 0 aliphatic heterocycles. The second-order valence-electron chi connectivity index (χ2n) is 5.91. The van der Waals surface area contributed by atoms with E-state index in [0.717, 1.165) is 12.8 Å². The molecular formula is C16H31Br4N. The minimum Gasteiger partial charge on any atom is -0.319 e. The standard InChI is InChI=1S/C16H31Br4N/c17-15(21)13-11-9-7-5-3-1-2-4-6-8-10-12-14-16(18,19)20/h15H,1-14,21H2. The van der Waals surface area contributed by atoms with Gasteiger partial charge in [0.25, 0.3) is 0 Å². The third-order valence-electron chi connectivity index (χ3n) is 3.69. The summed E-state index contributed by atoms with van der Waals surface area (Å²) >= 11 is 14.0. The van der Waals surface area contributed by atoms with Gasteiger partial charge in [0.05, 0.1) is 4.95 Å². The van der Waals surface area contributed by atoms with Crippen molar-refractivity contribution in [2.75, 3.05) is 0 Å². The summed E-state index contributed by atoms with van der Waals surface area (Å²) in [6.07, 6.45) is 18.7. The van der Waals surface area contributed by atoms with Crippen molar-refractivity contribution >= 4 is 63.7 Å². The number of hydrogen-bond acceptors (Lipinski definition) is 1. The summed E-state index contributed by atoms with van der Waals surface area (Å²) < 4.78 is -0.0351. The number of rotatable bonds is 14. The lowest BCUT2D eigenvalue weighted by molar-refractivity contribution is 0.534. The fraction of sp³-hybridized carbons (Fsp3) is 1.00. The summed E-state index contributed by atoms with van der Waals surface area (Å²) in [5.74, 6) is 0. The second kappa shape index (κ2) is 15.4. The van der Waals surface area contributed by atoms with Crippen molar-refractivity contribution in [2.24, 2.45) is 5.73 Å². The van der Waals surface area contributed by atoms with Gasteiger partial charge >= 0.3 is 0 Å². The fourth-order valence-corrected chi connectivity index (χ4v) is 3.60. The van der Waals surface area contributed by atoms with Gasteiger partial charge < -0.3 is 5.73 Å². The first-order valence-corrected chi connectivity index (χ1v) is 11.7. The average molecular weight is 557 g/mol. The van der Waals surface area contributed by atoms with Gasteiger partial charge in [0.1, 0.15) is 2.14 Å². The molecule has 0 saturated heterocycles. The molecule has 1 atom stereocenters. The van der Waals surface area contributed by atoms with Crippen LogP contribution >= 0.6 is 63.7 Å². The van der Waals surface area contributed by atoms with Crippen molar-refractivity contribution in [3.63, 3.8) is 0 Å². The maximum Gasteiger partial charge on any atom is 0.135 e. The molecule has 0 aromatic heterocycles. The molecule has 0 aliphatic rings. The minimum atomic E-state index is -0.0351. The van der Waals surface area contributed by atoms with Gasteiger partial charge in [-0.1, -0.05) is 141 Å². The van der Waals surface area contributed by atoms with Gasteiger partial charge in [0.2, 0.25) is 0 Å². The van der Waals surface area contributed by atoms with Crippen molar-refractivity contribution in [3.05, 3.63) is 0 Å². The monoisotopic (exact) mass is 553 g/mol. The first kappa shape index (κ1) is 22.9. The van der Waals surface area contributed by atoms with Crippen LogP contribution in [0.25, 0.3) is 0 Å². The second-order valence-corrected chi connectivity index (χ2v) is 14.3. The summed E-state index contributed by atoms with van der Waals surface area (Å²) in [4.78, 5) is 0.201. The quantitative estimate of drug-likeness (QED) is 0.131. The van der Waals surface area contributed by atoms with E-state index in [1.807, 2.05) is 0 Å². The lowest BCUT2D eigenvalue weighted by Crippen LogP contribution is -2.09. The van der Waals surface area contributed by atoms with Crippen LogP contribution in [0, 0.1) is 0 Å². The van der Waals surface area contributed by atoms with Gasteiger partial charge in [-0.15, -0.1) is 0 Å². The highest BCUT2D eigenvalue weighted by atomic mass is 80.0. The molecule has 0 radical (unpaired) electrons. The number of alkyl halides is 4. The van der Waals surface area contributed by atoms with E-state index in [1.54, 1.807) is 0 Å². The molecule has 1 unspecified atom stereocenters. The molecule has 5 heteroatoms. The van der Waals surface area contributed by atoms with Crippen LogP contribution in [0.15, 0.2) is 0 Å². The third-order valence-corrected chi connectivity index (χ3v) is 5.34. The smallest absolute Gasteiger partial charge is 0.135 e. The minimum absolute atomic E-state index is 0.0351. The molecule has 0 saturated carbocycles. The van der Waals surface area contributed by atoms with Gasteiger partial charge in [0, 0.05) is 0 Å². The van der Waals surface area contributed by atoms with Crippen LogP contribution in [0.5, 0.6) is 0 Å². The SMILES string of the molecule is NC(Br)CCCCCCCCCCCCCCC(Br)(Br)Br. The van der Waals surface area contributed by atoms with Crippen LogP contribution in [-0.4, -0.2) is 7.09 Å². The Bertz CT molecular complexity index is 217. The number of halogens is 4. The fourth-order valence-electron chi connectivity index (χ4n) is 2.43. The van der Waals surface area contributed by atoms with Crippen molar-refractivity contribution in [2.45, 2.75) is 97.0 Å². The zero-order valence-electron chi connectivity index (χ0n) is 13.1. The molecular weight excluding hydrogens is 526 g/mol. The van der Waals surface area contributed by atoms with E-state index in [9.17, 15) is 0 Å². The summed E-state index contributed by atoms with van der Waals surface area (Å²) in [5, 5.41) is 0. The van der Waals surface area contributed by atoms with Crippen LogP contribution in [0.2, 0.25) is 0 Å². The highest BCUT2D eigenvalue weighted by Crippen LogP contribution is 2.38. The van der Waals surface area contributed by atoms with Crippen LogP contribution in [0.1, 0.15) is 89.9 Å². The first-order chi connectivity index (χ1) is 9.92. The van der Waals surface area contributed by atoms with Gasteiger partial charge in [-0.3, -0.25) is 0 Å². The molecule has 0 heterocycles. The van der Waals surface area contributed by atoms with E-state index in [4.69, 9.17) is 5.73 Å². The van der Waals surface area contributed by atoms with E-state index in [-0.39, 0.29) is 7.09 Å². The summed E-state index contributed by atoms with van der Waals surface area (Å²) in [7, 11) is 0. The van der Waals surface area contributed by atoms with E-state index < -0.39 is 0 Å². The summed E-state index contributed by atoms with van der Waals surface area (Å²) in [6.45, 7) is 0. The van der Waals surface area contributed by atoms with E-state index in [0.29, 0.717) is 0 Å². The Balaban J connectivity index is 3.03. The summed E-state index contributed by atoms with van der Waals surface area (Å²) in [5.41, 5.74) is 5.66. The molecule has 128 valence electrons. The molecule has 0 bridgehead atoms. The van der Waals surface area contributed by atoms with Crippen molar-refractivity contribution in [1.29, 1.82) is 0 Å². The Morgan fingerprint density at radius 2 is 0.952 bits per heavy atom. The van der Waals surface area contributed by atoms with E-state index in [2.05, 4.69) is 63.7 Å². The Morgan fingerprint density at radius 3 is 1.29 bits per heavy atom. The topological polar surface area (TPSA) is 26.0 Å². The highest BCUT2D eigenvalue weighted by Gasteiger charge is 2.15. The Hall–Kier alpha value is 1.88. The van der Waals surface area contributed by atoms with Gasteiger partial charge in [-0.05, 0) is 12.8 Å². The van der Waals surface area contributed by atoms with Crippen LogP contribution < -0.4 is 5.73 Å². The molecule has 0 aromatic carbocycles. The molecule has 2 N–H and O–H groups in total. The summed E-state index contributed by atoms with van der Waals surface area (Å²) in [6, 6.07) is 0. The molecule has 21 heavy (non-hydrogen) atoms. The average Bonchev–Trinajstić information content (AvgIpc) is 2.37. The Labute approximate surface area is 165 Å². The lowest BCUT2D eigenvalue weighted by atomic mass is 10.0. The molecule has 0 rings (SSSR count). The van der Waals surface area contributed by atoms with E-state index >= 15 is 0 Å². The van der Waals surface area contributed by atoms with Crippen LogP contribution in [0.3, 0.4) is 0 Å². The van der Waals surface area contributed by atoms with Crippen molar-refractivity contribution in [3.8, 4) is 0 Å². The third kappa shape index (κ3) is 21.9. The number of nitrogens with two attached hydrogens (primary N) is 1. The normalized spacial score (nSPS) is 13.6. The largest absolute Gasteiger partial charge is 0.319 e. The molecule has 0 amide bonds. The molecule has 0 fully saturated rings. The predicted octanol–water partition coefficient (Wildman–Crippen LogP) is 7.97. The lowest BCUT2D eigenvalue weighted by Gasteiger charge is -2.10. The molecule has 0 spiro atoms. The maximum absolute atomic E-state index is 5.66. The van der Waals surface area contributed by atoms with Crippen LogP contribution in [0.4, 0.5) is 0 Å². The van der Waals surface area contributed by atoms with Gasteiger partial charge in [0.15, 0.2) is 0 Å². The Morgan fingerprint density at radius 1 is 0.619 bits per heavy atom. The van der Waals surface area contributed by atoms with Gasteiger partial charge in [-0.25, -0.2) is 0 Å². The van der Waals surface area contributed by atoms with E-state index in [1.165, 1.54) is 77.0 Å². The van der Waals surface area contributed by atoms with Crippen molar-refractivity contribution in [1.82, 2.24) is 0 Å². The molecule has 1 nitrogen and oxygen atoms in total. The zero-order valence-corrected chi connectivity index (χ0v) is 19.4. The first-order valence-electron chi connectivity index (χ1n) is 8.38. The zero-order chi connectivity index (χ0) is 16.0. The Kier molecular flexibility index (Phi) is 16.8. The van der Waals surface area contributed by atoms with Crippen molar-refractivity contribution < 1.29 is 0 Å². The van der Waals surface area contributed by atoms with Crippen LogP contribution in [-0.2, 0) is 0 Å². The highest BCUT2D eigenvalue weighted by molar-refractivity contribution is 9.39. The number of unbranched alkanes of at least 4 members (excludes halogenated alkanes) is 11. The molecule has 0 aromatic rings.